The van der Waals surface area contributed by atoms with Crippen molar-refractivity contribution in [3.05, 3.63) is 34.6 Å². The van der Waals surface area contributed by atoms with Gasteiger partial charge in [0.15, 0.2) is 5.78 Å². The molecule has 110 valence electrons. The standard InChI is InChI=1S/C17H23FO2/c1-11-6-5-7-17(10-11,20-4)16(19)15-13(3)8-12(2)9-14(15)18/h8-9,11H,5-7,10H2,1-4H3. The number of Topliss-reactive ketones (excluding diaryl/α,β-unsaturated/α-hetero) is 1. The van der Waals surface area contributed by atoms with Gasteiger partial charge in [-0.1, -0.05) is 19.4 Å². The number of benzene rings is 1. The van der Waals surface area contributed by atoms with Gasteiger partial charge >= 0.3 is 0 Å². The van der Waals surface area contributed by atoms with Gasteiger partial charge in [-0.15, -0.1) is 0 Å². The van der Waals surface area contributed by atoms with Gasteiger partial charge in [0.1, 0.15) is 11.4 Å². The number of ether oxygens (including phenoxy) is 1. The molecule has 1 aromatic carbocycles. The molecule has 1 saturated carbocycles. The second-order valence-corrected chi connectivity index (χ2v) is 6.17. The fourth-order valence-electron chi connectivity index (χ4n) is 3.42. The lowest BCUT2D eigenvalue weighted by atomic mass is 9.74. The highest BCUT2D eigenvalue weighted by atomic mass is 19.1. The van der Waals surface area contributed by atoms with Crippen LogP contribution >= 0.6 is 0 Å². The summed E-state index contributed by atoms with van der Waals surface area (Å²) < 4.78 is 19.8. The van der Waals surface area contributed by atoms with Gasteiger partial charge in [0.05, 0.1) is 5.56 Å². The van der Waals surface area contributed by atoms with Gasteiger partial charge in [0.25, 0.3) is 0 Å². The van der Waals surface area contributed by atoms with E-state index in [1.165, 1.54) is 6.07 Å². The summed E-state index contributed by atoms with van der Waals surface area (Å²) in [5.41, 5.74) is 0.882. The minimum Gasteiger partial charge on any atom is -0.370 e. The predicted molar refractivity (Wildman–Crippen MR) is 77.6 cm³/mol. The van der Waals surface area contributed by atoms with Crippen LogP contribution < -0.4 is 0 Å². The Morgan fingerprint density at radius 1 is 1.40 bits per heavy atom. The van der Waals surface area contributed by atoms with Crippen molar-refractivity contribution in [3.63, 3.8) is 0 Å². The summed E-state index contributed by atoms with van der Waals surface area (Å²) in [5, 5.41) is 0. The Kier molecular flexibility index (Phi) is 4.28. The number of rotatable bonds is 3. The van der Waals surface area contributed by atoms with Crippen molar-refractivity contribution in [2.75, 3.05) is 7.11 Å². The van der Waals surface area contributed by atoms with Crippen LogP contribution in [0.2, 0.25) is 0 Å². The van der Waals surface area contributed by atoms with Crippen molar-refractivity contribution in [3.8, 4) is 0 Å². The molecule has 0 radical (unpaired) electrons. The Labute approximate surface area is 120 Å². The number of halogens is 1. The molecule has 2 nitrogen and oxygen atoms in total. The monoisotopic (exact) mass is 278 g/mol. The number of hydrogen-bond acceptors (Lipinski definition) is 2. The molecule has 3 heteroatoms. The average molecular weight is 278 g/mol. The predicted octanol–water partition coefficient (Wildman–Crippen LogP) is 4.22. The van der Waals surface area contributed by atoms with Crippen LogP contribution in [-0.4, -0.2) is 18.5 Å². The lowest BCUT2D eigenvalue weighted by Gasteiger charge is -2.38. The fraction of sp³-hybridized carbons (Fsp3) is 0.588. The van der Waals surface area contributed by atoms with Crippen molar-refractivity contribution in [1.82, 2.24) is 0 Å². The van der Waals surface area contributed by atoms with E-state index in [0.717, 1.165) is 18.4 Å². The van der Waals surface area contributed by atoms with Gasteiger partial charge in [0.2, 0.25) is 0 Å². The Morgan fingerprint density at radius 3 is 2.65 bits per heavy atom. The van der Waals surface area contributed by atoms with Crippen molar-refractivity contribution < 1.29 is 13.9 Å². The molecule has 0 saturated heterocycles. The van der Waals surface area contributed by atoms with Gasteiger partial charge in [-0.3, -0.25) is 4.79 Å². The largest absolute Gasteiger partial charge is 0.370 e. The lowest BCUT2D eigenvalue weighted by molar-refractivity contribution is -0.0305. The molecule has 2 unspecified atom stereocenters. The summed E-state index contributed by atoms with van der Waals surface area (Å²) in [5.74, 6) is -0.190. The molecular weight excluding hydrogens is 255 g/mol. The van der Waals surface area contributed by atoms with Crippen LogP contribution in [0.15, 0.2) is 12.1 Å². The first-order chi connectivity index (χ1) is 9.39. The molecule has 1 aromatic rings. The van der Waals surface area contributed by atoms with Crippen LogP contribution in [0.25, 0.3) is 0 Å². The summed E-state index contributed by atoms with van der Waals surface area (Å²) in [6.45, 7) is 5.75. The van der Waals surface area contributed by atoms with Crippen molar-refractivity contribution >= 4 is 5.78 Å². The topological polar surface area (TPSA) is 26.3 Å². The van der Waals surface area contributed by atoms with Gasteiger partial charge in [0, 0.05) is 7.11 Å². The number of hydrogen-bond donors (Lipinski definition) is 0. The van der Waals surface area contributed by atoms with Crippen LogP contribution in [0.3, 0.4) is 0 Å². The fourth-order valence-corrected chi connectivity index (χ4v) is 3.42. The van der Waals surface area contributed by atoms with E-state index in [1.807, 2.05) is 13.0 Å². The van der Waals surface area contributed by atoms with E-state index in [2.05, 4.69) is 6.92 Å². The molecule has 0 spiro atoms. The van der Waals surface area contributed by atoms with Crippen LogP contribution in [0.4, 0.5) is 4.39 Å². The molecule has 1 aliphatic carbocycles. The Bertz CT molecular complexity index is 501. The maximum absolute atomic E-state index is 14.2. The third-order valence-corrected chi connectivity index (χ3v) is 4.42. The van der Waals surface area contributed by atoms with Gasteiger partial charge in [-0.05, 0) is 56.2 Å². The molecule has 0 bridgehead atoms. The SMILES string of the molecule is COC1(C(=O)c2c(C)cc(C)cc2F)CCCC(C)C1. The molecule has 1 fully saturated rings. The van der Waals surface area contributed by atoms with Crippen LogP contribution in [0.5, 0.6) is 0 Å². The number of aryl methyl sites for hydroxylation is 2. The highest BCUT2D eigenvalue weighted by Gasteiger charge is 2.43. The third-order valence-electron chi connectivity index (χ3n) is 4.42. The molecule has 0 heterocycles. The van der Waals surface area contributed by atoms with Crippen molar-refractivity contribution in [2.24, 2.45) is 5.92 Å². The number of carbonyl (C=O) groups is 1. The second-order valence-electron chi connectivity index (χ2n) is 6.17. The molecule has 20 heavy (non-hydrogen) atoms. The van der Waals surface area contributed by atoms with Crippen molar-refractivity contribution in [2.45, 2.75) is 52.1 Å². The molecular formula is C17H23FO2. The van der Waals surface area contributed by atoms with E-state index in [-0.39, 0.29) is 11.3 Å². The van der Waals surface area contributed by atoms with Gasteiger partial charge in [-0.25, -0.2) is 4.39 Å². The quantitative estimate of drug-likeness (QED) is 0.774. The highest BCUT2D eigenvalue weighted by Crippen LogP contribution is 2.38. The Morgan fingerprint density at radius 2 is 2.10 bits per heavy atom. The zero-order valence-electron chi connectivity index (χ0n) is 12.8. The van der Waals surface area contributed by atoms with Crippen molar-refractivity contribution in [1.29, 1.82) is 0 Å². The second kappa shape index (κ2) is 5.65. The summed E-state index contributed by atoms with van der Waals surface area (Å²) in [6, 6.07) is 3.28. The maximum Gasteiger partial charge on any atom is 0.197 e. The van der Waals surface area contributed by atoms with Crippen LogP contribution in [0, 0.1) is 25.6 Å². The molecule has 0 N–H and O–H groups in total. The zero-order chi connectivity index (χ0) is 14.9. The molecule has 1 aliphatic rings. The van der Waals surface area contributed by atoms with Crippen LogP contribution in [-0.2, 0) is 4.74 Å². The summed E-state index contributed by atoms with van der Waals surface area (Å²) in [7, 11) is 1.57. The van der Waals surface area contributed by atoms with Gasteiger partial charge < -0.3 is 4.74 Å². The van der Waals surface area contributed by atoms with E-state index in [9.17, 15) is 9.18 Å². The third kappa shape index (κ3) is 2.64. The first-order valence-corrected chi connectivity index (χ1v) is 7.26. The van der Waals surface area contributed by atoms with E-state index >= 15 is 0 Å². The van der Waals surface area contributed by atoms with Gasteiger partial charge in [-0.2, -0.15) is 0 Å². The number of methoxy groups -OCH3 is 1. The average Bonchev–Trinajstić information content (AvgIpc) is 2.37. The van der Waals surface area contributed by atoms with E-state index in [0.29, 0.717) is 24.3 Å². The number of carbonyl (C=O) groups excluding carboxylic acids is 1. The zero-order valence-corrected chi connectivity index (χ0v) is 12.8. The normalized spacial score (nSPS) is 26.6. The Balaban J connectivity index is 2.44. The van der Waals surface area contributed by atoms with E-state index in [4.69, 9.17) is 4.74 Å². The molecule has 0 aromatic heterocycles. The summed E-state index contributed by atoms with van der Waals surface area (Å²) in [6.07, 6.45) is 3.41. The molecule has 2 rings (SSSR count). The molecule has 0 amide bonds. The van der Waals surface area contributed by atoms with E-state index < -0.39 is 11.4 Å². The minimum absolute atomic E-state index is 0.193. The smallest absolute Gasteiger partial charge is 0.197 e. The minimum atomic E-state index is -0.849. The molecule has 0 aliphatic heterocycles. The lowest BCUT2D eigenvalue weighted by Crippen LogP contribution is -2.45. The maximum atomic E-state index is 14.2. The summed E-state index contributed by atoms with van der Waals surface area (Å²) in [4.78, 5) is 12.9. The van der Waals surface area contributed by atoms with E-state index in [1.54, 1.807) is 14.0 Å². The van der Waals surface area contributed by atoms with Crippen LogP contribution in [0.1, 0.15) is 54.1 Å². The Hall–Kier alpha value is -1.22. The first kappa shape index (κ1) is 15.2. The highest BCUT2D eigenvalue weighted by molar-refractivity contribution is 6.04. The number of ketones is 1. The first-order valence-electron chi connectivity index (χ1n) is 7.26. The summed E-state index contributed by atoms with van der Waals surface area (Å²) >= 11 is 0. The molecule has 2 atom stereocenters.